The van der Waals surface area contributed by atoms with Crippen molar-refractivity contribution in [3.63, 3.8) is 0 Å². The summed E-state index contributed by atoms with van der Waals surface area (Å²) < 4.78 is 20.3. The number of fused-ring (bicyclic) bond motifs is 1. The summed E-state index contributed by atoms with van der Waals surface area (Å²) in [5, 5.41) is 0. The minimum absolute atomic E-state index is 0.186. The van der Waals surface area contributed by atoms with Gasteiger partial charge in [0, 0.05) is 15.6 Å². The average Bonchev–Trinajstić information content (AvgIpc) is 3.27. The smallest absolute Gasteiger partial charge is 0.338 e. The van der Waals surface area contributed by atoms with Gasteiger partial charge in [-0.1, -0.05) is 69.7 Å². The van der Waals surface area contributed by atoms with Crippen LogP contribution in [-0.4, -0.2) is 31.4 Å². The predicted octanol–water partition coefficient (Wildman–Crippen LogP) is 5.32. The number of carbonyl (C=O) groups excluding carboxylic acids is 1. The topological polar surface area (TPSA) is 79.1 Å². The van der Waals surface area contributed by atoms with Crippen LogP contribution in [-0.2, 0) is 9.53 Å². The molecule has 1 aromatic heterocycles. The molecule has 4 aromatic rings. The molecular formula is C30H24BrIN2O5S. The molecule has 0 N–H and O–H groups in total. The van der Waals surface area contributed by atoms with Gasteiger partial charge in [0.2, 0.25) is 0 Å². The molecule has 2 heterocycles. The number of rotatable bonds is 7. The Balaban J connectivity index is 1.84. The molecule has 5 rings (SSSR count). The fourth-order valence-corrected chi connectivity index (χ4v) is 7.35. The number of esters is 1. The van der Waals surface area contributed by atoms with E-state index in [0.29, 0.717) is 32.1 Å². The van der Waals surface area contributed by atoms with Crippen LogP contribution in [0.15, 0.2) is 86.6 Å². The third kappa shape index (κ3) is 5.39. The normalized spacial score (nSPS) is 14.9. The quantitative estimate of drug-likeness (QED) is 0.190. The average molecular weight is 731 g/mol. The summed E-state index contributed by atoms with van der Waals surface area (Å²) in [6, 6.07) is 19.9. The molecule has 3 aromatic carbocycles. The van der Waals surface area contributed by atoms with Gasteiger partial charge in [0.15, 0.2) is 4.80 Å². The summed E-state index contributed by atoms with van der Waals surface area (Å²) in [6.45, 7) is 1.94. The van der Waals surface area contributed by atoms with Gasteiger partial charge in [-0.3, -0.25) is 9.36 Å². The second kappa shape index (κ2) is 12.1. The Morgan fingerprint density at radius 3 is 2.48 bits per heavy atom. The minimum atomic E-state index is -0.761. The van der Waals surface area contributed by atoms with Crippen molar-refractivity contribution >= 4 is 67.6 Å². The Morgan fingerprint density at radius 2 is 1.82 bits per heavy atom. The first-order valence-electron chi connectivity index (χ1n) is 12.3. The van der Waals surface area contributed by atoms with Crippen LogP contribution in [0.2, 0.25) is 0 Å². The zero-order valence-electron chi connectivity index (χ0n) is 21.8. The van der Waals surface area contributed by atoms with E-state index in [0.717, 1.165) is 24.7 Å². The van der Waals surface area contributed by atoms with Crippen LogP contribution < -0.4 is 24.4 Å². The Bertz CT molecular complexity index is 1800. The number of thiazole rings is 1. The number of methoxy groups -OCH3 is 2. The van der Waals surface area contributed by atoms with Crippen molar-refractivity contribution in [3.05, 3.63) is 117 Å². The van der Waals surface area contributed by atoms with Gasteiger partial charge in [-0.2, -0.15) is 0 Å². The van der Waals surface area contributed by atoms with Crippen molar-refractivity contribution in [2.24, 2.45) is 4.99 Å². The van der Waals surface area contributed by atoms with Crippen molar-refractivity contribution in [2.45, 2.75) is 13.0 Å². The van der Waals surface area contributed by atoms with Gasteiger partial charge >= 0.3 is 5.97 Å². The van der Waals surface area contributed by atoms with Crippen molar-refractivity contribution in [1.82, 2.24) is 4.57 Å². The highest BCUT2D eigenvalue weighted by Crippen LogP contribution is 2.36. The Morgan fingerprint density at radius 1 is 1.10 bits per heavy atom. The van der Waals surface area contributed by atoms with E-state index in [1.54, 1.807) is 31.8 Å². The summed E-state index contributed by atoms with van der Waals surface area (Å²) in [6.07, 6.45) is 1.80. The van der Waals surface area contributed by atoms with Gasteiger partial charge in [0.25, 0.3) is 5.56 Å². The standard InChI is InChI=1S/C30H24BrIN2O5S/c1-4-39-29(36)24-25(17-8-6-5-7-9-17)33-30-34(26(24)18-10-12-21(37-2)13-11-18)28(35)23(40-30)15-19-14-20(31)16-22(32)27(19)38-3/h5-16,26H,4H2,1-3H3/b23-15-/t26-/m1/s1. The highest BCUT2D eigenvalue weighted by molar-refractivity contribution is 14.1. The maximum atomic E-state index is 14.1. The predicted molar refractivity (Wildman–Crippen MR) is 167 cm³/mol. The SMILES string of the molecule is CCOC(=O)C1=C(c2ccccc2)N=c2s/c(=C\c3cc(Br)cc(I)c3OC)c(=O)n2[C@@H]1c1ccc(OC)cc1. The lowest BCUT2D eigenvalue weighted by Gasteiger charge is -2.26. The van der Waals surface area contributed by atoms with E-state index in [2.05, 4.69) is 38.5 Å². The van der Waals surface area contributed by atoms with E-state index in [1.807, 2.05) is 66.7 Å². The first kappa shape index (κ1) is 28.3. The molecular weight excluding hydrogens is 707 g/mol. The zero-order valence-corrected chi connectivity index (χ0v) is 26.4. The van der Waals surface area contributed by atoms with Crippen LogP contribution in [0.25, 0.3) is 11.8 Å². The Hall–Kier alpha value is -3.22. The summed E-state index contributed by atoms with van der Waals surface area (Å²) in [5.41, 5.74) is 2.74. The molecule has 0 saturated heterocycles. The van der Waals surface area contributed by atoms with E-state index < -0.39 is 12.0 Å². The molecule has 1 aliphatic rings. The molecule has 0 aliphatic carbocycles. The molecule has 0 unspecified atom stereocenters. The Labute approximate surface area is 256 Å². The second-order valence-electron chi connectivity index (χ2n) is 8.71. The lowest BCUT2D eigenvalue weighted by Crippen LogP contribution is -2.40. The fraction of sp³-hybridized carbons (Fsp3) is 0.167. The number of hydrogen-bond acceptors (Lipinski definition) is 7. The van der Waals surface area contributed by atoms with E-state index in [1.165, 1.54) is 11.3 Å². The van der Waals surface area contributed by atoms with Crippen LogP contribution >= 0.6 is 49.9 Å². The molecule has 1 aliphatic heterocycles. The molecule has 0 amide bonds. The van der Waals surface area contributed by atoms with Gasteiger partial charge in [0.05, 0.1) is 46.2 Å². The fourth-order valence-electron chi connectivity index (χ4n) is 4.59. The first-order valence-corrected chi connectivity index (χ1v) is 15.0. The van der Waals surface area contributed by atoms with E-state index in [4.69, 9.17) is 19.2 Å². The van der Waals surface area contributed by atoms with E-state index >= 15 is 0 Å². The van der Waals surface area contributed by atoms with Gasteiger partial charge < -0.3 is 14.2 Å². The highest BCUT2D eigenvalue weighted by atomic mass is 127. The van der Waals surface area contributed by atoms with E-state index in [-0.39, 0.29) is 12.2 Å². The molecule has 204 valence electrons. The van der Waals surface area contributed by atoms with Gasteiger partial charge in [0.1, 0.15) is 11.5 Å². The minimum Gasteiger partial charge on any atom is -0.497 e. The summed E-state index contributed by atoms with van der Waals surface area (Å²) >= 11 is 7.01. The molecule has 0 spiro atoms. The molecule has 10 heteroatoms. The van der Waals surface area contributed by atoms with Gasteiger partial charge in [-0.15, -0.1) is 0 Å². The maximum Gasteiger partial charge on any atom is 0.338 e. The highest BCUT2D eigenvalue weighted by Gasteiger charge is 2.35. The third-order valence-electron chi connectivity index (χ3n) is 6.33. The monoisotopic (exact) mass is 730 g/mol. The molecule has 40 heavy (non-hydrogen) atoms. The number of ether oxygens (including phenoxy) is 3. The first-order chi connectivity index (χ1) is 19.4. The molecule has 0 bridgehead atoms. The van der Waals surface area contributed by atoms with Crippen LogP contribution in [0.1, 0.15) is 29.7 Å². The molecule has 0 saturated carbocycles. The Kier molecular flexibility index (Phi) is 8.57. The summed E-state index contributed by atoms with van der Waals surface area (Å²) in [7, 11) is 3.19. The second-order valence-corrected chi connectivity index (χ2v) is 11.8. The number of nitrogens with zero attached hydrogens (tertiary/aromatic N) is 2. The molecule has 0 fully saturated rings. The van der Waals surface area contributed by atoms with Crippen molar-refractivity contribution < 1.29 is 19.0 Å². The number of halogens is 2. The van der Waals surface area contributed by atoms with Crippen LogP contribution in [0.3, 0.4) is 0 Å². The molecule has 7 nitrogen and oxygen atoms in total. The van der Waals surface area contributed by atoms with E-state index in [9.17, 15) is 9.59 Å². The van der Waals surface area contributed by atoms with Crippen molar-refractivity contribution in [1.29, 1.82) is 0 Å². The number of hydrogen-bond donors (Lipinski definition) is 0. The summed E-state index contributed by atoms with van der Waals surface area (Å²) in [4.78, 5) is 33.0. The molecule has 1 atom stereocenters. The van der Waals surface area contributed by atoms with Crippen LogP contribution in [0.5, 0.6) is 11.5 Å². The number of benzene rings is 3. The number of carbonyl (C=O) groups is 1. The third-order valence-corrected chi connectivity index (χ3v) is 8.58. The summed E-state index contributed by atoms with van der Waals surface area (Å²) in [5.74, 6) is 0.805. The maximum absolute atomic E-state index is 14.1. The molecule has 0 radical (unpaired) electrons. The van der Waals surface area contributed by atoms with Crippen LogP contribution in [0.4, 0.5) is 0 Å². The van der Waals surface area contributed by atoms with Crippen molar-refractivity contribution in [2.75, 3.05) is 20.8 Å². The van der Waals surface area contributed by atoms with Gasteiger partial charge in [-0.05, 0) is 65.4 Å². The number of aromatic nitrogens is 1. The lowest BCUT2D eigenvalue weighted by molar-refractivity contribution is -0.138. The zero-order chi connectivity index (χ0) is 28.4. The van der Waals surface area contributed by atoms with Crippen LogP contribution in [0, 0.1) is 3.57 Å². The van der Waals surface area contributed by atoms with Crippen molar-refractivity contribution in [3.8, 4) is 11.5 Å². The lowest BCUT2D eigenvalue weighted by atomic mass is 9.93. The van der Waals surface area contributed by atoms with Gasteiger partial charge in [-0.25, -0.2) is 9.79 Å². The largest absolute Gasteiger partial charge is 0.497 e.